The first-order chi connectivity index (χ1) is 15.8. The number of aromatic nitrogens is 3. The number of halogens is 1. The standard InChI is InChI=1S/C23H26ClN5O3S/c1-14(2)20(26-22(31)17-7-5-6-8-18(17)24)21-27-28-23(29(21)3)33-13-19(30)25-15-9-11-16(32-4)12-10-15/h5-12,14,20H,13H2,1-4H3,(H,25,30)(H,26,31)/t20-/m0/s1. The summed E-state index contributed by atoms with van der Waals surface area (Å²) in [4.78, 5) is 25.1. The van der Waals surface area contributed by atoms with E-state index in [9.17, 15) is 9.59 Å². The molecule has 33 heavy (non-hydrogen) atoms. The third-order valence-corrected chi connectivity index (χ3v) is 6.27. The van der Waals surface area contributed by atoms with Crippen molar-refractivity contribution in [2.75, 3.05) is 18.2 Å². The summed E-state index contributed by atoms with van der Waals surface area (Å²) in [6.07, 6.45) is 0. The molecule has 1 atom stereocenters. The molecular formula is C23H26ClN5O3S. The highest BCUT2D eigenvalue weighted by Crippen LogP contribution is 2.25. The molecule has 2 aromatic carbocycles. The summed E-state index contributed by atoms with van der Waals surface area (Å²) in [7, 11) is 3.40. The normalized spacial score (nSPS) is 11.8. The molecule has 0 radical (unpaired) electrons. The largest absolute Gasteiger partial charge is 0.497 e. The third kappa shape index (κ3) is 6.27. The Kier molecular flexibility index (Phi) is 8.35. The van der Waals surface area contributed by atoms with Crippen molar-refractivity contribution in [3.63, 3.8) is 0 Å². The Balaban J connectivity index is 1.65. The number of amides is 2. The number of hydrogen-bond acceptors (Lipinski definition) is 6. The molecule has 0 saturated carbocycles. The number of methoxy groups -OCH3 is 1. The summed E-state index contributed by atoms with van der Waals surface area (Å²) in [6, 6.07) is 13.6. The molecule has 8 nitrogen and oxygen atoms in total. The van der Waals surface area contributed by atoms with Gasteiger partial charge in [-0.05, 0) is 42.3 Å². The van der Waals surface area contributed by atoms with E-state index in [4.69, 9.17) is 16.3 Å². The van der Waals surface area contributed by atoms with Crippen LogP contribution in [0.5, 0.6) is 5.75 Å². The van der Waals surface area contributed by atoms with E-state index < -0.39 is 0 Å². The molecule has 0 spiro atoms. The van der Waals surface area contributed by atoms with Gasteiger partial charge in [-0.1, -0.05) is 49.3 Å². The molecule has 0 bridgehead atoms. The second-order valence-electron chi connectivity index (χ2n) is 7.64. The highest BCUT2D eigenvalue weighted by molar-refractivity contribution is 7.99. The Hall–Kier alpha value is -3.04. The predicted octanol–water partition coefficient (Wildman–Crippen LogP) is 4.34. The van der Waals surface area contributed by atoms with Gasteiger partial charge in [-0.15, -0.1) is 10.2 Å². The molecule has 2 N–H and O–H groups in total. The zero-order chi connectivity index (χ0) is 24.0. The topological polar surface area (TPSA) is 98.1 Å². The number of benzene rings is 2. The number of nitrogens with zero attached hydrogens (tertiary/aromatic N) is 3. The molecule has 0 saturated heterocycles. The van der Waals surface area contributed by atoms with Crippen LogP contribution in [0.2, 0.25) is 5.02 Å². The first kappa shape index (κ1) is 24.6. The average Bonchev–Trinajstić information content (AvgIpc) is 3.16. The Morgan fingerprint density at radius 1 is 1.12 bits per heavy atom. The van der Waals surface area contributed by atoms with Gasteiger partial charge in [0.25, 0.3) is 5.91 Å². The number of carbonyl (C=O) groups is 2. The molecule has 1 aromatic heterocycles. The lowest BCUT2D eigenvalue weighted by atomic mass is 10.0. The predicted molar refractivity (Wildman–Crippen MR) is 130 cm³/mol. The molecule has 2 amide bonds. The fourth-order valence-corrected chi connectivity index (χ4v) is 4.06. The second kappa shape index (κ2) is 11.2. The monoisotopic (exact) mass is 487 g/mol. The summed E-state index contributed by atoms with van der Waals surface area (Å²) >= 11 is 7.43. The maximum absolute atomic E-state index is 12.8. The molecule has 1 heterocycles. The Morgan fingerprint density at radius 3 is 2.45 bits per heavy atom. The maximum Gasteiger partial charge on any atom is 0.253 e. The van der Waals surface area contributed by atoms with Crippen molar-refractivity contribution in [3.8, 4) is 5.75 Å². The molecule has 0 fully saturated rings. The van der Waals surface area contributed by atoms with Crippen molar-refractivity contribution in [2.24, 2.45) is 13.0 Å². The van der Waals surface area contributed by atoms with E-state index in [1.54, 1.807) is 60.2 Å². The van der Waals surface area contributed by atoms with Gasteiger partial charge in [0.2, 0.25) is 5.91 Å². The van der Waals surface area contributed by atoms with Gasteiger partial charge in [0.05, 0.1) is 29.5 Å². The van der Waals surface area contributed by atoms with Crippen LogP contribution in [0, 0.1) is 5.92 Å². The van der Waals surface area contributed by atoms with Crippen LogP contribution in [0.15, 0.2) is 53.7 Å². The van der Waals surface area contributed by atoms with Gasteiger partial charge in [-0.25, -0.2) is 0 Å². The molecular weight excluding hydrogens is 462 g/mol. The van der Waals surface area contributed by atoms with E-state index in [1.165, 1.54) is 11.8 Å². The number of ether oxygens (including phenoxy) is 1. The molecule has 0 aliphatic carbocycles. The highest BCUT2D eigenvalue weighted by Gasteiger charge is 2.26. The lowest BCUT2D eigenvalue weighted by molar-refractivity contribution is -0.113. The van der Waals surface area contributed by atoms with E-state index in [0.717, 1.165) is 5.75 Å². The molecule has 0 aliphatic heterocycles. The summed E-state index contributed by atoms with van der Waals surface area (Å²) in [5, 5.41) is 15.3. The van der Waals surface area contributed by atoms with Crippen LogP contribution in [0.4, 0.5) is 5.69 Å². The highest BCUT2D eigenvalue weighted by atomic mass is 35.5. The van der Waals surface area contributed by atoms with Crippen molar-refractivity contribution in [1.82, 2.24) is 20.1 Å². The average molecular weight is 488 g/mol. The van der Waals surface area contributed by atoms with Gasteiger partial charge in [0.1, 0.15) is 5.75 Å². The lowest BCUT2D eigenvalue weighted by Gasteiger charge is -2.22. The van der Waals surface area contributed by atoms with Crippen LogP contribution in [0.3, 0.4) is 0 Å². The Labute approximate surface area is 202 Å². The van der Waals surface area contributed by atoms with Crippen molar-refractivity contribution in [3.05, 3.63) is 64.9 Å². The van der Waals surface area contributed by atoms with Gasteiger partial charge < -0.3 is 19.9 Å². The van der Waals surface area contributed by atoms with Crippen LogP contribution in [-0.2, 0) is 11.8 Å². The fraction of sp³-hybridized carbons (Fsp3) is 0.304. The first-order valence-electron chi connectivity index (χ1n) is 10.3. The van der Waals surface area contributed by atoms with E-state index in [1.807, 2.05) is 20.9 Å². The SMILES string of the molecule is COc1ccc(NC(=O)CSc2nnc([C@@H](NC(=O)c3ccccc3Cl)C(C)C)n2C)cc1. The minimum absolute atomic E-state index is 0.0514. The minimum atomic E-state index is -0.381. The van der Waals surface area contributed by atoms with Gasteiger partial charge in [0.15, 0.2) is 11.0 Å². The Morgan fingerprint density at radius 2 is 1.82 bits per heavy atom. The molecule has 0 unspecified atom stereocenters. The number of thioether (sulfide) groups is 1. The zero-order valence-corrected chi connectivity index (χ0v) is 20.4. The second-order valence-corrected chi connectivity index (χ2v) is 8.99. The molecule has 0 aliphatic rings. The Bertz CT molecular complexity index is 1120. The molecule has 10 heteroatoms. The van der Waals surface area contributed by atoms with Crippen molar-refractivity contribution in [1.29, 1.82) is 0 Å². The smallest absolute Gasteiger partial charge is 0.253 e. The van der Waals surface area contributed by atoms with Gasteiger partial charge in [0, 0.05) is 12.7 Å². The van der Waals surface area contributed by atoms with Crippen LogP contribution in [-0.4, -0.2) is 39.4 Å². The van der Waals surface area contributed by atoms with Crippen LogP contribution < -0.4 is 15.4 Å². The summed E-state index contributed by atoms with van der Waals surface area (Å²) < 4.78 is 6.91. The molecule has 174 valence electrons. The van der Waals surface area contributed by atoms with E-state index in [-0.39, 0.29) is 29.5 Å². The van der Waals surface area contributed by atoms with E-state index in [2.05, 4.69) is 20.8 Å². The summed E-state index contributed by atoms with van der Waals surface area (Å²) in [5.41, 5.74) is 1.08. The lowest BCUT2D eigenvalue weighted by Crippen LogP contribution is -2.33. The number of anilines is 1. The van der Waals surface area contributed by atoms with Crippen molar-refractivity contribution >= 4 is 40.9 Å². The molecule has 3 aromatic rings. The first-order valence-corrected chi connectivity index (χ1v) is 11.7. The number of carbonyl (C=O) groups excluding carboxylic acids is 2. The number of hydrogen-bond donors (Lipinski definition) is 2. The minimum Gasteiger partial charge on any atom is -0.497 e. The quantitative estimate of drug-likeness (QED) is 0.436. The van der Waals surface area contributed by atoms with Crippen molar-refractivity contribution < 1.29 is 14.3 Å². The summed E-state index contributed by atoms with van der Waals surface area (Å²) in [5.74, 6) is 1.09. The fourth-order valence-electron chi connectivity index (χ4n) is 3.12. The third-order valence-electron chi connectivity index (χ3n) is 4.92. The molecule has 3 rings (SSSR count). The summed E-state index contributed by atoms with van der Waals surface area (Å²) in [6.45, 7) is 3.97. The number of rotatable bonds is 9. The zero-order valence-electron chi connectivity index (χ0n) is 18.8. The van der Waals surface area contributed by atoms with E-state index >= 15 is 0 Å². The van der Waals surface area contributed by atoms with Gasteiger partial charge >= 0.3 is 0 Å². The number of nitrogens with one attached hydrogen (secondary N) is 2. The maximum atomic E-state index is 12.8. The van der Waals surface area contributed by atoms with Crippen LogP contribution in [0.1, 0.15) is 36.1 Å². The van der Waals surface area contributed by atoms with Crippen LogP contribution >= 0.6 is 23.4 Å². The van der Waals surface area contributed by atoms with Crippen LogP contribution in [0.25, 0.3) is 0 Å². The van der Waals surface area contributed by atoms with Crippen molar-refractivity contribution in [2.45, 2.75) is 25.0 Å². The van der Waals surface area contributed by atoms with Gasteiger partial charge in [-0.2, -0.15) is 0 Å². The van der Waals surface area contributed by atoms with Gasteiger partial charge in [-0.3, -0.25) is 9.59 Å². The van der Waals surface area contributed by atoms with E-state index in [0.29, 0.717) is 27.3 Å².